The summed E-state index contributed by atoms with van der Waals surface area (Å²) in [6.07, 6.45) is 11.9. The van der Waals surface area contributed by atoms with Crippen molar-refractivity contribution < 1.29 is 9.47 Å². The van der Waals surface area contributed by atoms with Gasteiger partial charge in [0.1, 0.15) is 22.9 Å². The third-order valence-corrected chi connectivity index (χ3v) is 7.76. The number of unbranched alkanes of at least 4 members (excludes halogenated alkanes) is 4. The van der Waals surface area contributed by atoms with Crippen molar-refractivity contribution in [3.8, 4) is 34.5 Å². The first-order valence-electron chi connectivity index (χ1n) is 16.1. The van der Waals surface area contributed by atoms with Gasteiger partial charge in [0.05, 0.1) is 35.3 Å². The molecule has 0 bridgehead atoms. The summed E-state index contributed by atoms with van der Waals surface area (Å²) in [5.74, 6) is 3.41. The fourth-order valence-corrected chi connectivity index (χ4v) is 5.39. The Hall–Kier alpha value is -4.39. The van der Waals surface area contributed by atoms with Crippen molar-refractivity contribution in [2.24, 2.45) is 0 Å². The van der Waals surface area contributed by atoms with Crippen LogP contribution in [0.1, 0.15) is 65.2 Å². The number of pyridine rings is 1. The predicted octanol–water partition coefficient (Wildman–Crippen LogP) is 9.41. The molecule has 0 spiro atoms. The number of hydrogen-bond donors (Lipinski definition) is 0. The van der Waals surface area contributed by atoms with E-state index in [1.54, 1.807) is 0 Å². The SMILES string of the molecule is C=CCCCOc1ccc2c(c1)nc(-c1cccc(-c3nc4cc(OCCCC=C)ccc4n3CCCC)n1)n2CCCC. The van der Waals surface area contributed by atoms with Gasteiger partial charge in [-0.25, -0.2) is 15.0 Å². The van der Waals surface area contributed by atoms with Crippen molar-refractivity contribution >= 4 is 22.1 Å². The molecule has 230 valence electrons. The largest absolute Gasteiger partial charge is 0.494 e. The molecule has 0 saturated heterocycles. The zero-order valence-electron chi connectivity index (χ0n) is 26.3. The molecule has 0 amide bonds. The molecule has 3 aromatic heterocycles. The highest BCUT2D eigenvalue weighted by atomic mass is 16.5. The van der Waals surface area contributed by atoms with Crippen LogP contribution in [0.2, 0.25) is 0 Å². The van der Waals surface area contributed by atoms with E-state index >= 15 is 0 Å². The van der Waals surface area contributed by atoms with Crippen LogP contribution >= 0.6 is 0 Å². The summed E-state index contributed by atoms with van der Waals surface area (Å²) >= 11 is 0. The molecule has 0 aliphatic rings. The minimum atomic E-state index is 0.659. The quantitative estimate of drug-likeness (QED) is 0.0750. The summed E-state index contributed by atoms with van der Waals surface area (Å²) in [6, 6.07) is 18.6. The Balaban J connectivity index is 1.51. The zero-order chi connectivity index (χ0) is 30.7. The lowest BCUT2D eigenvalue weighted by Gasteiger charge is -2.11. The van der Waals surface area contributed by atoms with Gasteiger partial charge in [0.25, 0.3) is 0 Å². The minimum absolute atomic E-state index is 0.659. The molecule has 0 fully saturated rings. The minimum Gasteiger partial charge on any atom is -0.494 e. The van der Waals surface area contributed by atoms with E-state index in [1.807, 2.05) is 48.6 Å². The fraction of sp³-hybridized carbons (Fsp3) is 0.378. The summed E-state index contributed by atoms with van der Waals surface area (Å²) < 4.78 is 16.6. The summed E-state index contributed by atoms with van der Waals surface area (Å²) in [5, 5.41) is 0. The van der Waals surface area contributed by atoms with E-state index in [1.165, 1.54) is 0 Å². The molecule has 0 radical (unpaired) electrons. The van der Waals surface area contributed by atoms with Crippen molar-refractivity contribution in [3.63, 3.8) is 0 Å². The van der Waals surface area contributed by atoms with E-state index in [0.717, 1.165) is 121 Å². The van der Waals surface area contributed by atoms with Crippen LogP contribution in [0.15, 0.2) is 79.9 Å². The number of benzene rings is 2. The van der Waals surface area contributed by atoms with Crippen molar-refractivity contribution in [2.75, 3.05) is 13.2 Å². The highest BCUT2D eigenvalue weighted by molar-refractivity contribution is 5.83. The number of nitrogens with zero attached hydrogens (tertiary/aromatic N) is 5. The maximum absolute atomic E-state index is 6.01. The number of imidazole rings is 2. The first-order valence-corrected chi connectivity index (χ1v) is 16.1. The van der Waals surface area contributed by atoms with Crippen LogP contribution in [-0.4, -0.2) is 37.3 Å². The van der Waals surface area contributed by atoms with Crippen LogP contribution in [0.3, 0.4) is 0 Å². The van der Waals surface area contributed by atoms with Gasteiger partial charge < -0.3 is 18.6 Å². The monoisotopic (exact) mass is 591 g/mol. The molecule has 7 nitrogen and oxygen atoms in total. The van der Waals surface area contributed by atoms with Gasteiger partial charge in [0, 0.05) is 25.2 Å². The molecule has 44 heavy (non-hydrogen) atoms. The van der Waals surface area contributed by atoms with E-state index in [2.05, 4.69) is 54.3 Å². The van der Waals surface area contributed by atoms with Gasteiger partial charge in [-0.2, -0.15) is 0 Å². The molecule has 3 heterocycles. The number of hydrogen-bond acceptors (Lipinski definition) is 5. The molecule has 5 aromatic rings. The van der Waals surface area contributed by atoms with Crippen LogP contribution in [0.5, 0.6) is 11.5 Å². The van der Waals surface area contributed by atoms with Gasteiger partial charge in [-0.05, 0) is 74.9 Å². The first-order chi connectivity index (χ1) is 21.7. The Morgan fingerprint density at radius 2 is 1.11 bits per heavy atom. The molecule has 0 N–H and O–H groups in total. The van der Waals surface area contributed by atoms with Crippen LogP contribution in [0.25, 0.3) is 45.1 Å². The fourth-order valence-electron chi connectivity index (χ4n) is 5.39. The van der Waals surface area contributed by atoms with Crippen LogP contribution in [0.4, 0.5) is 0 Å². The Bertz CT molecular complexity index is 1580. The molecule has 2 aromatic carbocycles. The summed E-state index contributed by atoms with van der Waals surface area (Å²) in [7, 11) is 0. The summed E-state index contributed by atoms with van der Waals surface area (Å²) in [6.45, 7) is 15.1. The molecule has 0 aliphatic heterocycles. The van der Waals surface area contributed by atoms with Crippen LogP contribution in [0, 0.1) is 0 Å². The molecule has 7 heteroatoms. The third-order valence-electron chi connectivity index (χ3n) is 7.76. The van der Waals surface area contributed by atoms with Crippen molar-refractivity contribution in [1.82, 2.24) is 24.1 Å². The predicted molar refractivity (Wildman–Crippen MR) is 181 cm³/mol. The van der Waals surface area contributed by atoms with Crippen LogP contribution < -0.4 is 9.47 Å². The van der Waals surface area contributed by atoms with Crippen LogP contribution in [-0.2, 0) is 13.1 Å². The maximum atomic E-state index is 6.01. The Morgan fingerprint density at radius 3 is 1.55 bits per heavy atom. The number of aromatic nitrogens is 5. The number of fused-ring (bicyclic) bond motifs is 2. The Labute approximate surface area is 261 Å². The topological polar surface area (TPSA) is 67.0 Å². The lowest BCUT2D eigenvalue weighted by Crippen LogP contribution is -2.04. The average Bonchev–Trinajstić information content (AvgIpc) is 3.60. The molecule has 0 saturated carbocycles. The number of allylic oxidation sites excluding steroid dienone is 2. The normalized spacial score (nSPS) is 11.3. The summed E-state index contributed by atoms with van der Waals surface area (Å²) in [4.78, 5) is 15.4. The van der Waals surface area contributed by atoms with Gasteiger partial charge in [-0.15, -0.1) is 13.2 Å². The Kier molecular flexibility index (Phi) is 10.8. The van der Waals surface area contributed by atoms with Crippen molar-refractivity contribution in [1.29, 1.82) is 0 Å². The number of aryl methyl sites for hydroxylation is 2. The van der Waals surface area contributed by atoms with Gasteiger partial charge in [-0.1, -0.05) is 44.9 Å². The molecular formula is C37H45N5O2. The second-order valence-electron chi connectivity index (χ2n) is 11.1. The highest BCUT2D eigenvalue weighted by Gasteiger charge is 2.18. The van der Waals surface area contributed by atoms with E-state index in [-0.39, 0.29) is 0 Å². The van der Waals surface area contributed by atoms with Gasteiger partial charge in [0.15, 0.2) is 11.6 Å². The van der Waals surface area contributed by atoms with Crippen molar-refractivity contribution in [2.45, 2.75) is 78.3 Å². The molecular weight excluding hydrogens is 546 g/mol. The molecule has 0 atom stereocenters. The third kappa shape index (κ3) is 7.21. The van der Waals surface area contributed by atoms with Gasteiger partial charge in [0.2, 0.25) is 0 Å². The number of rotatable bonds is 18. The molecule has 0 unspecified atom stereocenters. The van der Waals surface area contributed by atoms with E-state index < -0.39 is 0 Å². The highest BCUT2D eigenvalue weighted by Crippen LogP contribution is 2.31. The standard InChI is InChI=1S/C37H45N5O2/c1-5-9-13-24-43-28-18-20-34-32(26-28)39-36(41(34)22-11-7-3)30-16-15-17-31(38-30)37-40-33-27-29(44-25-14-10-6-2)19-21-35(33)42(37)23-12-8-4/h5-6,15-21,26-27H,1-2,7-14,22-25H2,3-4H3. The van der Waals surface area contributed by atoms with Crippen molar-refractivity contribution in [3.05, 3.63) is 79.9 Å². The van der Waals surface area contributed by atoms with E-state index in [0.29, 0.717) is 13.2 Å². The summed E-state index contributed by atoms with van der Waals surface area (Å²) in [5.41, 5.74) is 5.69. The molecule has 0 aliphatic carbocycles. The lowest BCUT2D eigenvalue weighted by molar-refractivity contribution is 0.312. The lowest BCUT2D eigenvalue weighted by atomic mass is 10.2. The second-order valence-corrected chi connectivity index (χ2v) is 11.1. The molecule has 5 rings (SSSR count). The van der Waals surface area contributed by atoms with E-state index in [9.17, 15) is 0 Å². The maximum Gasteiger partial charge on any atom is 0.159 e. The number of ether oxygens (including phenoxy) is 2. The smallest absolute Gasteiger partial charge is 0.159 e. The zero-order valence-corrected chi connectivity index (χ0v) is 26.3. The van der Waals surface area contributed by atoms with E-state index in [4.69, 9.17) is 24.4 Å². The average molecular weight is 592 g/mol. The Morgan fingerprint density at radius 1 is 0.636 bits per heavy atom. The van der Waals surface area contributed by atoms with Gasteiger partial charge >= 0.3 is 0 Å². The first kappa shape index (κ1) is 31.0. The van der Waals surface area contributed by atoms with Gasteiger partial charge in [-0.3, -0.25) is 0 Å². The second kappa shape index (κ2) is 15.4.